The van der Waals surface area contributed by atoms with Crippen LogP contribution < -0.4 is 24.4 Å². The summed E-state index contributed by atoms with van der Waals surface area (Å²) in [6, 6.07) is 22.7. The first-order chi connectivity index (χ1) is 20.4. The molecule has 0 radical (unpaired) electrons. The Balaban J connectivity index is 1.41. The van der Waals surface area contributed by atoms with Gasteiger partial charge in [0.05, 0.1) is 35.5 Å². The summed E-state index contributed by atoms with van der Waals surface area (Å²) in [7, 11) is 3.22. The number of nitrogens with zero attached hydrogens (tertiary/aromatic N) is 2. The van der Waals surface area contributed by atoms with Crippen LogP contribution in [0.15, 0.2) is 92.6 Å². The van der Waals surface area contributed by atoms with Crippen molar-refractivity contribution in [2.75, 3.05) is 14.2 Å². The largest absolute Gasteiger partial charge is 0.493 e. The molecule has 6 nitrogen and oxygen atoms in total. The Bertz CT molecular complexity index is 2090. The molecule has 0 saturated heterocycles. The van der Waals surface area contributed by atoms with Crippen molar-refractivity contribution in [1.29, 1.82) is 0 Å². The van der Waals surface area contributed by atoms with Gasteiger partial charge in [-0.05, 0) is 72.0 Å². The summed E-state index contributed by atoms with van der Waals surface area (Å²) in [5, 5.41) is 1.09. The summed E-state index contributed by atoms with van der Waals surface area (Å²) in [6.07, 6.45) is 3.43. The number of halogens is 2. The molecule has 0 N–H and O–H groups in total. The Morgan fingerprint density at radius 3 is 2.62 bits per heavy atom. The van der Waals surface area contributed by atoms with E-state index in [0.29, 0.717) is 48.0 Å². The molecule has 9 heteroatoms. The number of aryl methyl sites for hydroxylation is 1. The van der Waals surface area contributed by atoms with E-state index in [-0.39, 0.29) is 11.6 Å². The van der Waals surface area contributed by atoms with Gasteiger partial charge in [-0.1, -0.05) is 64.9 Å². The summed E-state index contributed by atoms with van der Waals surface area (Å²) in [6.45, 7) is 0. The van der Waals surface area contributed by atoms with Crippen LogP contribution in [0, 0.1) is 0 Å². The standard InChI is InChI=1S/C33H24Cl2N2O4S/c1-39-27-13-8-19(15-28(27)40-2)31-23-11-7-18-5-3-4-6-22(18)30(23)36-33-37(31)32(38)29(42-33)17-21-10-14-26(41-21)24-16-20(34)9-12-25(24)35/h3-6,8-10,12-17,31H,7,11H2,1-2H3/b29-17-/t31-/m0/s1. The lowest BCUT2D eigenvalue weighted by Crippen LogP contribution is -2.38. The van der Waals surface area contributed by atoms with Gasteiger partial charge in [-0.2, -0.15) is 0 Å². The van der Waals surface area contributed by atoms with Crippen LogP contribution in [0.3, 0.4) is 0 Å². The molecule has 210 valence electrons. The van der Waals surface area contributed by atoms with Gasteiger partial charge in [0.25, 0.3) is 5.56 Å². The number of hydrogen-bond acceptors (Lipinski definition) is 6. The molecule has 3 aromatic carbocycles. The van der Waals surface area contributed by atoms with Crippen LogP contribution in [0.2, 0.25) is 10.0 Å². The van der Waals surface area contributed by atoms with Gasteiger partial charge < -0.3 is 13.9 Å². The highest BCUT2D eigenvalue weighted by Crippen LogP contribution is 2.43. The first kappa shape index (κ1) is 26.8. The normalized spacial score (nSPS) is 16.0. The van der Waals surface area contributed by atoms with Crippen LogP contribution >= 0.6 is 34.5 Å². The predicted molar refractivity (Wildman–Crippen MR) is 166 cm³/mol. The fourth-order valence-electron chi connectivity index (χ4n) is 5.74. The Kier molecular flexibility index (Phi) is 6.81. The number of methoxy groups -OCH3 is 2. The van der Waals surface area contributed by atoms with Gasteiger partial charge in [-0.3, -0.25) is 9.36 Å². The van der Waals surface area contributed by atoms with Crippen molar-refractivity contribution in [3.63, 3.8) is 0 Å². The van der Waals surface area contributed by atoms with Gasteiger partial charge in [0.15, 0.2) is 16.3 Å². The first-order valence-corrected chi connectivity index (χ1v) is 14.9. The van der Waals surface area contributed by atoms with Crippen molar-refractivity contribution in [2.45, 2.75) is 18.9 Å². The molecule has 7 rings (SSSR count). The molecule has 2 aromatic heterocycles. The summed E-state index contributed by atoms with van der Waals surface area (Å²) in [4.78, 5) is 19.8. The Hall–Kier alpha value is -4.04. The van der Waals surface area contributed by atoms with E-state index >= 15 is 0 Å². The minimum absolute atomic E-state index is 0.136. The van der Waals surface area contributed by atoms with Gasteiger partial charge in [0, 0.05) is 22.2 Å². The fourth-order valence-corrected chi connectivity index (χ4v) is 7.10. The van der Waals surface area contributed by atoms with Crippen LogP contribution in [0.1, 0.15) is 34.9 Å². The van der Waals surface area contributed by atoms with E-state index in [1.807, 2.05) is 36.4 Å². The fraction of sp³-hybridized carbons (Fsp3) is 0.152. The molecular formula is C33H24Cl2N2O4S. The van der Waals surface area contributed by atoms with Gasteiger partial charge in [-0.25, -0.2) is 4.99 Å². The van der Waals surface area contributed by atoms with E-state index in [1.165, 1.54) is 16.9 Å². The Morgan fingerprint density at radius 2 is 1.79 bits per heavy atom. The minimum atomic E-state index is -0.344. The smallest absolute Gasteiger partial charge is 0.271 e. The molecule has 1 aliphatic carbocycles. The molecule has 0 spiro atoms. The zero-order valence-corrected chi connectivity index (χ0v) is 25.0. The molecule has 1 atom stereocenters. The van der Waals surface area contributed by atoms with Crippen LogP contribution in [-0.4, -0.2) is 18.8 Å². The van der Waals surface area contributed by atoms with E-state index in [1.54, 1.807) is 43.1 Å². The average molecular weight is 616 g/mol. The van der Waals surface area contributed by atoms with Crippen LogP contribution in [0.5, 0.6) is 11.5 Å². The van der Waals surface area contributed by atoms with E-state index in [4.69, 9.17) is 42.1 Å². The SMILES string of the molecule is COc1ccc([C@H]2C3=C(N=c4s/c(=C\c5ccc(-c6cc(Cl)ccc6Cl)o5)c(=O)n42)c2ccccc2CC3)cc1OC. The van der Waals surface area contributed by atoms with E-state index in [2.05, 4.69) is 18.2 Å². The number of ether oxygens (including phenoxy) is 2. The number of aromatic nitrogens is 1. The van der Waals surface area contributed by atoms with Gasteiger partial charge in [0.2, 0.25) is 0 Å². The van der Waals surface area contributed by atoms with Crippen LogP contribution in [-0.2, 0) is 6.42 Å². The Morgan fingerprint density at radius 1 is 0.952 bits per heavy atom. The van der Waals surface area contributed by atoms with Gasteiger partial charge >= 0.3 is 0 Å². The minimum Gasteiger partial charge on any atom is -0.493 e. The number of hydrogen-bond donors (Lipinski definition) is 0. The molecule has 0 bridgehead atoms. The maximum Gasteiger partial charge on any atom is 0.271 e. The molecule has 0 amide bonds. The third-order valence-electron chi connectivity index (χ3n) is 7.69. The third-order valence-corrected chi connectivity index (χ3v) is 9.24. The topological polar surface area (TPSA) is 66.0 Å². The molecule has 0 fully saturated rings. The number of thiazole rings is 1. The summed E-state index contributed by atoms with van der Waals surface area (Å²) < 4.78 is 19.5. The van der Waals surface area contributed by atoms with Crippen molar-refractivity contribution < 1.29 is 13.9 Å². The maximum atomic E-state index is 14.1. The first-order valence-electron chi connectivity index (χ1n) is 13.4. The lowest BCUT2D eigenvalue weighted by Gasteiger charge is -2.31. The van der Waals surface area contributed by atoms with E-state index in [0.717, 1.165) is 35.2 Å². The predicted octanol–water partition coefficient (Wildman–Crippen LogP) is 6.90. The lowest BCUT2D eigenvalue weighted by atomic mass is 9.83. The van der Waals surface area contributed by atoms with Gasteiger partial charge in [0.1, 0.15) is 11.5 Å². The van der Waals surface area contributed by atoms with Crippen molar-refractivity contribution in [2.24, 2.45) is 4.99 Å². The van der Waals surface area contributed by atoms with E-state index < -0.39 is 0 Å². The second-order valence-corrected chi connectivity index (χ2v) is 11.9. The number of fused-ring (bicyclic) bond motifs is 3. The number of allylic oxidation sites excluding steroid dienone is 1. The zero-order valence-electron chi connectivity index (χ0n) is 22.7. The van der Waals surface area contributed by atoms with Crippen molar-refractivity contribution in [1.82, 2.24) is 4.57 Å². The highest BCUT2D eigenvalue weighted by molar-refractivity contribution is 7.07. The monoisotopic (exact) mass is 614 g/mol. The van der Waals surface area contributed by atoms with Crippen molar-refractivity contribution >= 4 is 46.3 Å². The van der Waals surface area contributed by atoms with E-state index in [9.17, 15) is 4.79 Å². The number of furan rings is 1. The molecule has 0 saturated carbocycles. The number of benzene rings is 3. The molecular weight excluding hydrogens is 591 g/mol. The Labute approximate surface area is 255 Å². The lowest BCUT2D eigenvalue weighted by molar-refractivity contribution is 0.354. The van der Waals surface area contributed by atoms with Crippen molar-refractivity contribution in [3.05, 3.63) is 131 Å². The van der Waals surface area contributed by atoms with Crippen LogP contribution in [0.25, 0.3) is 23.1 Å². The highest BCUT2D eigenvalue weighted by Gasteiger charge is 2.33. The second-order valence-electron chi connectivity index (χ2n) is 10.1. The summed E-state index contributed by atoms with van der Waals surface area (Å²) in [5.41, 5.74) is 5.88. The van der Waals surface area contributed by atoms with Gasteiger partial charge in [-0.15, -0.1) is 0 Å². The highest BCUT2D eigenvalue weighted by atomic mass is 35.5. The quantitative estimate of drug-likeness (QED) is 0.216. The molecule has 0 unspecified atom stereocenters. The number of rotatable bonds is 5. The van der Waals surface area contributed by atoms with Crippen molar-refractivity contribution in [3.8, 4) is 22.8 Å². The summed E-state index contributed by atoms with van der Waals surface area (Å²) in [5.74, 6) is 2.33. The maximum absolute atomic E-state index is 14.1. The third kappa shape index (κ3) is 4.49. The zero-order chi connectivity index (χ0) is 29.0. The molecule has 42 heavy (non-hydrogen) atoms. The molecule has 5 aromatic rings. The van der Waals surface area contributed by atoms with Crippen LogP contribution in [0.4, 0.5) is 0 Å². The second kappa shape index (κ2) is 10.7. The summed E-state index contributed by atoms with van der Waals surface area (Å²) >= 11 is 13.9. The molecule has 2 aliphatic rings. The average Bonchev–Trinajstić information content (AvgIpc) is 3.60. The molecule has 3 heterocycles. The molecule has 1 aliphatic heterocycles.